The highest BCUT2D eigenvalue weighted by Gasteiger charge is 2.14. The number of hydrogen-bond acceptors (Lipinski definition) is 3. The summed E-state index contributed by atoms with van der Waals surface area (Å²) in [6.07, 6.45) is 1.18. The average molecular weight is 306 g/mol. The van der Waals surface area contributed by atoms with Crippen molar-refractivity contribution in [3.63, 3.8) is 0 Å². The van der Waals surface area contributed by atoms with Crippen LogP contribution in [-0.4, -0.2) is 32.1 Å². The number of ether oxygens (including phenoxy) is 1. The van der Waals surface area contributed by atoms with E-state index in [-0.39, 0.29) is 0 Å². The fourth-order valence-corrected chi connectivity index (χ4v) is 3.27. The van der Waals surface area contributed by atoms with Gasteiger partial charge in [0.25, 0.3) is 0 Å². The highest BCUT2D eigenvalue weighted by Crippen LogP contribution is 2.29. The molecule has 0 amide bonds. The fraction of sp³-hybridized carbons (Fsp3) is 0.538. The topological polar surface area (TPSA) is 21.3 Å². The van der Waals surface area contributed by atoms with Crippen LogP contribution < -0.4 is 5.32 Å². The Morgan fingerprint density at radius 1 is 1.39 bits per heavy atom. The second-order valence-electron chi connectivity index (χ2n) is 4.36. The number of hydrogen-bond donors (Lipinski definition) is 1. The molecule has 100 valence electrons. The van der Waals surface area contributed by atoms with Gasteiger partial charge in [0.1, 0.15) is 0 Å². The third kappa shape index (κ3) is 4.63. The molecule has 0 spiro atoms. The lowest BCUT2D eigenvalue weighted by molar-refractivity contribution is 0.185. The van der Waals surface area contributed by atoms with Gasteiger partial charge in [-0.15, -0.1) is 11.8 Å². The molecule has 1 atom stereocenters. The van der Waals surface area contributed by atoms with E-state index >= 15 is 0 Å². The first-order chi connectivity index (χ1) is 8.75. The molecular weight excluding hydrogens is 289 g/mol. The van der Waals surface area contributed by atoms with E-state index in [1.165, 1.54) is 6.42 Å². The first-order valence-corrected chi connectivity index (χ1v) is 7.86. The molecule has 2 rings (SSSR count). The van der Waals surface area contributed by atoms with Crippen LogP contribution >= 0.6 is 35.0 Å². The lowest BCUT2D eigenvalue weighted by Gasteiger charge is -2.09. The maximum atomic E-state index is 6.10. The lowest BCUT2D eigenvalue weighted by Crippen LogP contribution is -2.25. The summed E-state index contributed by atoms with van der Waals surface area (Å²) in [6.45, 7) is 3.84. The molecule has 2 nitrogen and oxygen atoms in total. The van der Waals surface area contributed by atoms with Gasteiger partial charge < -0.3 is 10.1 Å². The van der Waals surface area contributed by atoms with Crippen molar-refractivity contribution in [3.05, 3.63) is 28.2 Å². The van der Waals surface area contributed by atoms with E-state index < -0.39 is 0 Å². The van der Waals surface area contributed by atoms with E-state index in [1.807, 2.05) is 18.2 Å². The van der Waals surface area contributed by atoms with Crippen LogP contribution in [0.25, 0.3) is 0 Å². The quantitative estimate of drug-likeness (QED) is 0.639. The Morgan fingerprint density at radius 3 is 3.06 bits per heavy atom. The third-order valence-corrected chi connectivity index (χ3v) is 4.62. The maximum Gasteiger partial charge on any atom is 0.0542 e. The lowest BCUT2D eigenvalue weighted by atomic mass is 10.1. The number of nitrogens with one attached hydrogen (secondary N) is 1. The Bertz CT molecular complexity index is 383. The van der Waals surface area contributed by atoms with Gasteiger partial charge in [0, 0.05) is 35.4 Å². The van der Waals surface area contributed by atoms with Crippen molar-refractivity contribution >= 4 is 35.0 Å². The summed E-state index contributed by atoms with van der Waals surface area (Å²) in [5.41, 5.74) is 0. The Balaban J connectivity index is 1.64. The van der Waals surface area contributed by atoms with Crippen molar-refractivity contribution < 1.29 is 4.74 Å². The molecule has 1 aliphatic heterocycles. The molecular formula is C13H17Cl2NOS. The average Bonchev–Trinajstić information content (AvgIpc) is 2.86. The minimum atomic E-state index is 0.685. The zero-order chi connectivity index (χ0) is 12.8. The second-order valence-corrected chi connectivity index (χ2v) is 6.34. The molecule has 1 heterocycles. The van der Waals surface area contributed by atoms with E-state index in [1.54, 1.807) is 11.8 Å². The molecule has 1 aromatic rings. The van der Waals surface area contributed by atoms with E-state index in [0.717, 1.165) is 47.0 Å². The van der Waals surface area contributed by atoms with Crippen LogP contribution in [0, 0.1) is 5.92 Å². The summed E-state index contributed by atoms with van der Waals surface area (Å²) in [6, 6.07) is 5.57. The first-order valence-electron chi connectivity index (χ1n) is 6.12. The molecule has 1 fully saturated rings. The summed E-state index contributed by atoms with van der Waals surface area (Å²) >= 11 is 13.8. The zero-order valence-corrected chi connectivity index (χ0v) is 12.5. The van der Waals surface area contributed by atoms with Crippen LogP contribution in [0.1, 0.15) is 6.42 Å². The Labute approximate surface area is 122 Å². The Morgan fingerprint density at radius 2 is 2.28 bits per heavy atom. The zero-order valence-electron chi connectivity index (χ0n) is 10.1. The SMILES string of the molecule is Clc1ccc(Cl)c(SCCNCC2CCOC2)c1. The van der Waals surface area contributed by atoms with Gasteiger partial charge in [-0.25, -0.2) is 0 Å². The largest absolute Gasteiger partial charge is 0.381 e. The predicted octanol–water partition coefficient (Wildman–Crippen LogP) is 3.71. The second kappa shape index (κ2) is 7.61. The van der Waals surface area contributed by atoms with Crippen LogP contribution in [0.2, 0.25) is 10.0 Å². The van der Waals surface area contributed by atoms with Crippen molar-refractivity contribution in [2.45, 2.75) is 11.3 Å². The standard InChI is InChI=1S/C13H17Cl2NOS/c14-11-1-2-12(15)13(7-11)18-6-4-16-8-10-3-5-17-9-10/h1-2,7,10,16H,3-6,8-9H2. The van der Waals surface area contributed by atoms with Crippen molar-refractivity contribution in [3.8, 4) is 0 Å². The first kappa shape index (κ1) is 14.5. The Hall–Kier alpha value is 0.0700. The summed E-state index contributed by atoms with van der Waals surface area (Å²) in [5, 5.41) is 4.96. The van der Waals surface area contributed by atoms with Gasteiger partial charge in [0.2, 0.25) is 0 Å². The molecule has 0 saturated carbocycles. The summed E-state index contributed by atoms with van der Waals surface area (Å²) in [7, 11) is 0. The minimum Gasteiger partial charge on any atom is -0.381 e. The molecule has 0 aliphatic carbocycles. The van der Waals surface area contributed by atoms with Crippen molar-refractivity contribution in [2.24, 2.45) is 5.92 Å². The van der Waals surface area contributed by atoms with Crippen LogP contribution in [-0.2, 0) is 4.74 Å². The van der Waals surface area contributed by atoms with Gasteiger partial charge in [0.05, 0.1) is 11.6 Å². The van der Waals surface area contributed by atoms with E-state index in [9.17, 15) is 0 Å². The maximum absolute atomic E-state index is 6.10. The number of rotatable bonds is 6. The molecule has 1 unspecified atom stereocenters. The summed E-state index contributed by atoms with van der Waals surface area (Å²) < 4.78 is 5.34. The van der Waals surface area contributed by atoms with Gasteiger partial charge >= 0.3 is 0 Å². The summed E-state index contributed by atoms with van der Waals surface area (Å²) in [4.78, 5) is 1.05. The van der Waals surface area contributed by atoms with Crippen molar-refractivity contribution in [2.75, 3.05) is 32.1 Å². The van der Waals surface area contributed by atoms with Gasteiger partial charge in [-0.3, -0.25) is 0 Å². The molecule has 18 heavy (non-hydrogen) atoms. The highest BCUT2D eigenvalue weighted by molar-refractivity contribution is 7.99. The van der Waals surface area contributed by atoms with Gasteiger partial charge in [-0.2, -0.15) is 0 Å². The third-order valence-electron chi connectivity index (χ3n) is 2.89. The highest BCUT2D eigenvalue weighted by atomic mass is 35.5. The molecule has 0 bridgehead atoms. The number of thioether (sulfide) groups is 1. The number of halogens is 2. The van der Waals surface area contributed by atoms with E-state index in [0.29, 0.717) is 5.92 Å². The molecule has 1 aliphatic rings. The van der Waals surface area contributed by atoms with Crippen LogP contribution in [0.4, 0.5) is 0 Å². The number of benzene rings is 1. The molecule has 0 aromatic heterocycles. The molecule has 1 N–H and O–H groups in total. The predicted molar refractivity (Wildman–Crippen MR) is 79.0 cm³/mol. The van der Waals surface area contributed by atoms with Gasteiger partial charge in [-0.05, 0) is 30.5 Å². The van der Waals surface area contributed by atoms with Crippen LogP contribution in [0.5, 0.6) is 0 Å². The normalized spacial score (nSPS) is 19.3. The Kier molecular flexibility index (Phi) is 6.12. The van der Waals surface area contributed by atoms with E-state index in [2.05, 4.69) is 5.32 Å². The van der Waals surface area contributed by atoms with Crippen LogP contribution in [0.15, 0.2) is 23.1 Å². The van der Waals surface area contributed by atoms with Crippen molar-refractivity contribution in [1.29, 1.82) is 0 Å². The smallest absolute Gasteiger partial charge is 0.0542 e. The van der Waals surface area contributed by atoms with Crippen molar-refractivity contribution in [1.82, 2.24) is 5.32 Å². The van der Waals surface area contributed by atoms with Gasteiger partial charge in [-0.1, -0.05) is 23.2 Å². The van der Waals surface area contributed by atoms with Crippen LogP contribution in [0.3, 0.4) is 0 Å². The monoisotopic (exact) mass is 305 g/mol. The summed E-state index contributed by atoms with van der Waals surface area (Å²) in [5.74, 6) is 1.68. The molecule has 1 saturated heterocycles. The molecule has 5 heteroatoms. The van der Waals surface area contributed by atoms with E-state index in [4.69, 9.17) is 27.9 Å². The molecule has 1 aromatic carbocycles. The van der Waals surface area contributed by atoms with Gasteiger partial charge in [0.15, 0.2) is 0 Å². The molecule has 0 radical (unpaired) electrons. The fourth-order valence-electron chi connectivity index (χ4n) is 1.87. The minimum absolute atomic E-state index is 0.685.